The van der Waals surface area contributed by atoms with Gasteiger partial charge in [0.25, 0.3) is 5.91 Å². The molecule has 4 rings (SSSR count). The Balaban J connectivity index is 1.32. The van der Waals surface area contributed by atoms with E-state index in [9.17, 15) is 4.79 Å². The fourth-order valence-corrected chi connectivity index (χ4v) is 2.67. The van der Waals surface area contributed by atoms with Crippen molar-refractivity contribution in [3.8, 4) is 0 Å². The van der Waals surface area contributed by atoms with Gasteiger partial charge in [-0.05, 0) is 36.8 Å². The molecule has 0 aliphatic heterocycles. The zero-order chi connectivity index (χ0) is 16.4. The standard InChI is InChI=1S/C17H16N6O/c24-17(11-7-8-14-15(10-11)22-23-21-14)18-9-3-6-16-19-12-4-1-2-5-13(12)20-16/h1-2,4-5,7-8,10H,3,6,9H2,(H,18,24)(H,19,20)(H,21,22,23). The van der Waals surface area contributed by atoms with E-state index in [0.717, 1.165) is 35.2 Å². The molecule has 2 aromatic heterocycles. The number of hydrogen-bond acceptors (Lipinski definition) is 4. The predicted octanol–water partition coefficient (Wildman–Crippen LogP) is 2.20. The van der Waals surface area contributed by atoms with E-state index >= 15 is 0 Å². The number of benzene rings is 2. The Labute approximate surface area is 137 Å². The van der Waals surface area contributed by atoms with Gasteiger partial charge in [0.15, 0.2) is 0 Å². The molecule has 0 atom stereocenters. The molecule has 0 saturated heterocycles. The van der Waals surface area contributed by atoms with Crippen LogP contribution in [0.15, 0.2) is 42.5 Å². The zero-order valence-electron chi connectivity index (χ0n) is 12.9. The summed E-state index contributed by atoms with van der Waals surface area (Å²) in [4.78, 5) is 20.0. The Morgan fingerprint density at radius 3 is 2.83 bits per heavy atom. The van der Waals surface area contributed by atoms with Crippen LogP contribution < -0.4 is 5.32 Å². The van der Waals surface area contributed by atoms with Crippen LogP contribution in [0, 0.1) is 0 Å². The van der Waals surface area contributed by atoms with Gasteiger partial charge in [0.05, 0.1) is 11.0 Å². The molecule has 7 heteroatoms. The van der Waals surface area contributed by atoms with Gasteiger partial charge in [0.2, 0.25) is 0 Å². The van der Waals surface area contributed by atoms with Gasteiger partial charge in [-0.3, -0.25) is 4.79 Å². The van der Waals surface area contributed by atoms with Crippen LogP contribution in [0.5, 0.6) is 0 Å². The van der Waals surface area contributed by atoms with Gasteiger partial charge in [0, 0.05) is 18.5 Å². The first-order chi connectivity index (χ1) is 11.8. The summed E-state index contributed by atoms with van der Waals surface area (Å²) >= 11 is 0. The highest BCUT2D eigenvalue weighted by molar-refractivity contribution is 5.97. The molecule has 0 fully saturated rings. The molecular weight excluding hydrogens is 304 g/mol. The number of H-pyrrole nitrogens is 2. The van der Waals surface area contributed by atoms with Crippen LogP contribution in [-0.4, -0.2) is 37.8 Å². The molecule has 0 spiro atoms. The van der Waals surface area contributed by atoms with Crippen LogP contribution in [0.25, 0.3) is 22.1 Å². The smallest absolute Gasteiger partial charge is 0.251 e. The second-order valence-electron chi connectivity index (χ2n) is 5.59. The number of hydrogen-bond donors (Lipinski definition) is 3. The van der Waals surface area contributed by atoms with E-state index in [0.29, 0.717) is 17.6 Å². The van der Waals surface area contributed by atoms with Gasteiger partial charge in [-0.15, -0.1) is 0 Å². The van der Waals surface area contributed by atoms with E-state index < -0.39 is 0 Å². The van der Waals surface area contributed by atoms with E-state index in [1.807, 2.05) is 24.3 Å². The molecule has 2 heterocycles. The normalized spacial score (nSPS) is 11.2. The first-order valence-electron chi connectivity index (χ1n) is 7.82. The van der Waals surface area contributed by atoms with Gasteiger partial charge < -0.3 is 10.3 Å². The third-order valence-electron chi connectivity index (χ3n) is 3.89. The maximum atomic E-state index is 12.2. The third kappa shape index (κ3) is 2.83. The molecule has 2 aromatic carbocycles. The summed E-state index contributed by atoms with van der Waals surface area (Å²) in [7, 11) is 0. The van der Waals surface area contributed by atoms with Crippen molar-refractivity contribution in [2.24, 2.45) is 0 Å². The number of carbonyl (C=O) groups excluding carboxylic acids is 1. The Hall–Kier alpha value is -3.22. The molecule has 0 radical (unpaired) electrons. The number of para-hydroxylation sites is 2. The summed E-state index contributed by atoms with van der Waals surface area (Å²) in [5, 5.41) is 13.4. The Morgan fingerprint density at radius 2 is 1.92 bits per heavy atom. The van der Waals surface area contributed by atoms with E-state index in [1.54, 1.807) is 18.2 Å². The van der Waals surface area contributed by atoms with Gasteiger partial charge in [0.1, 0.15) is 16.9 Å². The highest BCUT2D eigenvalue weighted by Gasteiger charge is 2.08. The predicted molar refractivity (Wildman–Crippen MR) is 90.6 cm³/mol. The van der Waals surface area contributed by atoms with Crippen molar-refractivity contribution in [2.75, 3.05) is 6.54 Å². The van der Waals surface area contributed by atoms with E-state index in [1.165, 1.54) is 0 Å². The lowest BCUT2D eigenvalue weighted by molar-refractivity contribution is 0.0953. The van der Waals surface area contributed by atoms with Gasteiger partial charge in [-0.1, -0.05) is 12.1 Å². The summed E-state index contributed by atoms with van der Waals surface area (Å²) in [6.45, 7) is 0.590. The second-order valence-corrected chi connectivity index (χ2v) is 5.59. The lowest BCUT2D eigenvalue weighted by Gasteiger charge is -2.04. The average Bonchev–Trinajstić information content (AvgIpc) is 3.23. The number of nitrogens with zero attached hydrogens (tertiary/aromatic N) is 3. The number of aromatic nitrogens is 5. The minimum atomic E-state index is -0.107. The van der Waals surface area contributed by atoms with Crippen LogP contribution in [-0.2, 0) is 6.42 Å². The Morgan fingerprint density at radius 1 is 1.04 bits per heavy atom. The summed E-state index contributed by atoms with van der Waals surface area (Å²) < 4.78 is 0. The zero-order valence-corrected chi connectivity index (χ0v) is 12.9. The van der Waals surface area contributed by atoms with Crippen molar-refractivity contribution in [3.63, 3.8) is 0 Å². The molecule has 0 unspecified atom stereocenters. The molecular formula is C17H16N6O. The minimum Gasteiger partial charge on any atom is -0.352 e. The fourth-order valence-electron chi connectivity index (χ4n) is 2.67. The fraction of sp³-hybridized carbons (Fsp3) is 0.176. The van der Waals surface area contributed by atoms with Crippen LogP contribution in [0.1, 0.15) is 22.6 Å². The first-order valence-corrected chi connectivity index (χ1v) is 7.82. The number of fused-ring (bicyclic) bond motifs is 2. The highest BCUT2D eigenvalue weighted by atomic mass is 16.1. The van der Waals surface area contributed by atoms with Crippen molar-refractivity contribution in [3.05, 3.63) is 53.9 Å². The van der Waals surface area contributed by atoms with Crippen molar-refractivity contribution in [1.82, 2.24) is 30.7 Å². The Bertz CT molecular complexity index is 969. The number of amides is 1. The van der Waals surface area contributed by atoms with Crippen LogP contribution in [0.4, 0.5) is 0 Å². The van der Waals surface area contributed by atoms with Crippen molar-refractivity contribution in [2.45, 2.75) is 12.8 Å². The van der Waals surface area contributed by atoms with Crippen molar-refractivity contribution < 1.29 is 4.79 Å². The van der Waals surface area contributed by atoms with E-state index in [4.69, 9.17) is 0 Å². The molecule has 24 heavy (non-hydrogen) atoms. The van der Waals surface area contributed by atoms with Gasteiger partial charge >= 0.3 is 0 Å². The molecule has 7 nitrogen and oxygen atoms in total. The number of aryl methyl sites for hydroxylation is 1. The van der Waals surface area contributed by atoms with Crippen LogP contribution >= 0.6 is 0 Å². The first kappa shape index (κ1) is 14.4. The molecule has 0 saturated carbocycles. The number of nitrogens with one attached hydrogen (secondary N) is 3. The monoisotopic (exact) mass is 320 g/mol. The molecule has 4 aromatic rings. The van der Waals surface area contributed by atoms with Crippen LogP contribution in [0.2, 0.25) is 0 Å². The highest BCUT2D eigenvalue weighted by Crippen LogP contribution is 2.12. The maximum absolute atomic E-state index is 12.2. The average molecular weight is 320 g/mol. The second kappa shape index (κ2) is 6.11. The SMILES string of the molecule is O=C(NCCCc1nc2ccccc2[nH]1)c1ccc2n[nH]nc2c1. The summed E-state index contributed by atoms with van der Waals surface area (Å²) in [6, 6.07) is 13.2. The molecule has 3 N–H and O–H groups in total. The summed E-state index contributed by atoms with van der Waals surface area (Å²) in [5.41, 5.74) is 4.02. The van der Waals surface area contributed by atoms with Crippen molar-refractivity contribution >= 4 is 28.0 Å². The summed E-state index contributed by atoms with van der Waals surface area (Å²) in [6.07, 6.45) is 1.61. The van der Waals surface area contributed by atoms with Crippen LogP contribution in [0.3, 0.4) is 0 Å². The number of aromatic amines is 2. The third-order valence-corrected chi connectivity index (χ3v) is 3.89. The van der Waals surface area contributed by atoms with Crippen molar-refractivity contribution in [1.29, 1.82) is 0 Å². The maximum Gasteiger partial charge on any atom is 0.251 e. The number of imidazole rings is 1. The molecule has 0 aliphatic rings. The van der Waals surface area contributed by atoms with E-state index in [-0.39, 0.29) is 5.91 Å². The topological polar surface area (TPSA) is 99.4 Å². The number of carbonyl (C=O) groups is 1. The van der Waals surface area contributed by atoms with E-state index in [2.05, 4.69) is 30.7 Å². The van der Waals surface area contributed by atoms with Gasteiger partial charge in [-0.25, -0.2) is 4.98 Å². The Kier molecular flexibility index (Phi) is 3.66. The minimum absolute atomic E-state index is 0.107. The molecule has 120 valence electrons. The molecule has 1 amide bonds. The summed E-state index contributed by atoms with van der Waals surface area (Å²) in [5.74, 6) is 0.832. The molecule has 0 aliphatic carbocycles. The number of rotatable bonds is 5. The largest absolute Gasteiger partial charge is 0.352 e. The lowest BCUT2D eigenvalue weighted by Crippen LogP contribution is -2.24. The molecule has 0 bridgehead atoms. The quantitative estimate of drug-likeness (QED) is 0.491. The lowest BCUT2D eigenvalue weighted by atomic mass is 10.2. The van der Waals surface area contributed by atoms with Gasteiger partial charge in [-0.2, -0.15) is 15.4 Å².